The Hall–Kier alpha value is -2.98. The first-order valence-corrected chi connectivity index (χ1v) is 16.2. The number of aliphatic hydroxyl groups is 1. The molecule has 0 unspecified atom stereocenters. The highest BCUT2D eigenvalue weighted by atomic mass is 32.2. The number of rotatable bonds is 5. The van der Waals surface area contributed by atoms with Crippen LogP contribution in [0.4, 0.5) is 13.2 Å². The molecule has 2 saturated carbocycles. The SMILES string of the molecule is C[C@]12CC[C@H]3[C@@H](CC=C4C=C(OS(=O)(=O)C(F)(F)F)CC[C@@]43C)[C@@H]1CC[C@@H]2C(O)(c1ccc(O)cc1)c1ccc(O)cc1. The zero-order valence-electron chi connectivity index (χ0n) is 24.1. The largest absolute Gasteiger partial charge is 0.534 e. The van der Waals surface area contributed by atoms with E-state index in [2.05, 4.69) is 24.1 Å². The van der Waals surface area contributed by atoms with Crippen LogP contribution in [0.15, 0.2) is 72.0 Å². The minimum Gasteiger partial charge on any atom is -0.508 e. The summed E-state index contributed by atoms with van der Waals surface area (Å²) in [7, 11) is -5.72. The van der Waals surface area contributed by atoms with Crippen LogP contribution in [0.3, 0.4) is 0 Å². The number of fused-ring (bicyclic) bond motifs is 5. The van der Waals surface area contributed by atoms with Crippen LogP contribution in [0.2, 0.25) is 0 Å². The highest BCUT2D eigenvalue weighted by Gasteiger charge is 2.62. The van der Waals surface area contributed by atoms with E-state index in [0.29, 0.717) is 29.4 Å². The number of allylic oxidation sites excluding steroid dienone is 4. The van der Waals surface area contributed by atoms with E-state index in [4.69, 9.17) is 0 Å². The lowest BCUT2D eigenvalue weighted by molar-refractivity contribution is -0.0922. The van der Waals surface area contributed by atoms with Gasteiger partial charge in [0.05, 0.1) is 0 Å². The van der Waals surface area contributed by atoms with Gasteiger partial charge in [0.15, 0.2) is 0 Å². The van der Waals surface area contributed by atoms with Crippen molar-refractivity contribution in [3.63, 3.8) is 0 Å². The molecular formula is C33H37F3O6S. The Balaban J connectivity index is 1.33. The Kier molecular flexibility index (Phi) is 7.01. The smallest absolute Gasteiger partial charge is 0.508 e. The van der Waals surface area contributed by atoms with Gasteiger partial charge in [0.25, 0.3) is 0 Å². The van der Waals surface area contributed by atoms with Gasteiger partial charge in [0.2, 0.25) is 0 Å². The predicted molar refractivity (Wildman–Crippen MR) is 154 cm³/mol. The maximum absolute atomic E-state index is 13.0. The van der Waals surface area contributed by atoms with Gasteiger partial charge in [-0.1, -0.05) is 44.2 Å². The Labute approximate surface area is 250 Å². The van der Waals surface area contributed by atoms with E-state index in [9.17, 15) is 36.9 Å². The molecule has 10 heteroatoms. The van der Waals surface area contributed by atoms with Crippen molar-refractivity contribution in [2.24, 2.45) is 34.5 Å². The van der Waals surface area contributed by atoms with Gasteiger partial charge in [0.1, 0.15) is 22.9 Å². The summed E-state index contributed by atoms with van der Waals surface area (Å²) in [6.45, 7) is 4.41. The molecule has 0 spiro atoms. The molecular weight excluding hydrogens is 581 g/mol. The highest BCUT2D eigenvalue weighted by Crippen LogP contribution is 2.68. The number of phenolic OH excluding ortho intramolecular Hbond substituents is 2. The van der Waals surface area contributed by atoms with Crippen molar-refractivity contribution < 1.29 is 41.1 Å². The molecule has 2 aromatic rings. The molecule has 2 aromatic carbocycles. The van der Waals surface area contributed by atoms with Gasteiger partial charge in [-0.05, 0) is 114 Å². The first-order valence-electron chi connectivity index (χ1n) is 14.8. The number of hydrogen-bond donors (Lipinski definition) is 3. The lowest BCUT2D eigenvalue weighted by atomic mass is 9.47. The fourth-order valence-electron chi connectivity index (χ4n) is 9.24. The molecule has 0 heterocycles. The van der Waals surface area contributed by atoms with Gasteiger partial charge in [0, 0.05) is 12.3 Å². The lowest BCUT2D eigenvalue weighted by Gasteiger charge is -2.58. The lowest BCUT2D eigenvalue weighted by Crippen LogP contribution is -2.52. The third kappa shape index (κ3) is 4.67. The summed E-state index contributed by atoms with van der Waals surface area (Å²) in [6.07, 6.45) is 8.29. The van der Waals surface area contributed by atoms with Crippen LogP contribution in [-0.4, -0.2) is 29.2 Å². The summed E-state index contributed by atoms with van der Waals surface area (Å²) in [5.74, 6) is 0.756. The van der Waals surface area contributed by atoms with Crippen LogP contribution < -0.4 is 0 Å². The predicted octanol–water partition coefficient (Wildman–Crippen LogP) is 7.27. The minimum absolute atomic E-state index is 0.108. The second-order valence-electron chi connectivity index (χ2n) is 13.3. The van der Waals surface area contributed by atoms with Gasteiger partial charge in [-0.3, -0.25) is 0 Å². The molecule has 6 atom stereocenters. The molecule has 4 aliphatic rings. The summed E-state index contributed by atoms with van der Waals surface area (Å²) < 4.78 is 66.7. The molecule has 6 nitrogen and oxygen atoms in total. The number of benzene rings is 2. The Bertz CT molecular complexity index is 1520. The molecule has 0 aromatic heterocycles. The number of alkyl halides is 3. The molecule has 0 bridgehead atoms. The van der Waals surface area contributed by atoms with E-state index < -0.39 is 21.2 Å². The summed E-state index contributed by atoms with van der Waals surface area (Å²) in [4.78, 5) is 0. The summed E-state index contributed by atoms with van der Waals surface area (Å²) in [5.41, 5.74) is -5.18. The zero-order valence-corrected chi connectivity index (χ0v) is 25.0. The molecule has 0 saturated heterocycles. The maximum Gasteiger partial charge on any atom is 0.534 e. The van der Waals surface area contributed by atoms with Gasteiger partial charge in [-0.2, -0.15) is 21.6 Å². The van der Waals surface area contributed by atoms with Crippen molar-refractivity contribution in [1.29, 1.82) is 0 Å². The van der Waals surface area contributed by atoms with Crippen LogP contribution in [0, 0.1) is 34.5 Å². The quantitative estimate of drug-likeness (QED) is 0.241. The minimum atomic E-state index is -5.72. The topological polar surface area (TPSA) is 104 Å². The van der Waals surface area contributed by atoms with E-state index in [-0.39, 0.29) is 46.3 Å². The van der Waals surface area contributed by atoms with Crippen LogP contribution >= 0.6 is 0 Å². The second kappa shape index (κ2) is 10.0. The number of phenols is 2. The molecule has 43 heavy (non-hydrogen) atoms. The van der Waals surface area contributed by atoms with E-state index >= 15 is 0 Å². The molecule has 0 radical (unpaired) electrons. The summed E-state index contributed by atoms with van der Waals surface area (Å²) >= 11 is 0. The molecule has 6 rings (SSSR count). The van der Waals surface area contributed by atoms with Gasteiger partial charge >= 0.3 is 15.6 Å². The fourth-order valence-corrected chi connectivity index (χ4v) is 9.75. The molecule has 2 fully saturated rings. The Morgan fingerprint density at radius 3 is 2.00 bits per heavy atom. The van der Waals surface area contributed by atoms with Gasteiger partial charge in [-0.25, -0.2) is 0 Å². The second-order valence-corrected chi connectivity index (χ2v) is 14.9. The zero-order chi connectivity index (χ0) is 31.0. The summed E-state index contributed by atoms with van der Waals surface area (Å²) in [6, 6.07) is 13.3. The first kappa shape index (κ1) is 30.1. The van der Waals surface area contributed by atoms with Crippen LogP contribution in [0.25, 0.3) is 0 Å². The fraction of sp³-hybridized carbons (Fsp3) is 0.515. The maximum atomic E-state index is 13.0. The van der Waals surface area contributed by atoms with Crippen molar-refractivity contribution >= 4 is 10.1 Å². The highest BCUT2D eigenvalue weighted by molar-refractivity contribution is 7.87. The molecule has 0 aliphatic heterocycles. The van der Waals surface area contributed by atoms with Crippen LogP contribution in [-0.2, 0) is 19.9 Å². The van der Waals surface area contributed by atoms with E-state index in [0.717, 1.165) is 37.7 Å². The van der Waals surface area contributed by atoms with Crippen molar-refractivity contribution in [3.05, 3.63) is 83.1 Å². The Morgan fingerprint density at radius 1 is 0.860 bits per heavy atom. The Morgan fingerprint density at radius 2 is 1.44 bits per heavy atom. The van der Waals surface area contributed by atoms with Crippen molar-refractivity contribution in [2.45, 2.75) is 69.9 Å². The van der Waals surface area contributed by atoms with Crippen LogP contribution in [0.5, 0.6) is 11.5 Å². The molecule has 3 N–H and O–H groups in total. The van der Waals surface area contributed by atoms with Crippen LogP contribution in [0.1, 0.15) is 69.9 Å². The monoisotopic (exact) mass is 618 g/mol. The van der Waals surface area contributed by atoms with Crippen molar-refractivity contribution in [3.8, 4) is 11.5 Å². The summed E-state index contributed by atoms with van der Waals surface area (Å²) in [5, 5.41) is 32.7. The molecule has 0 amide bonds. The van der Waals surface area contributed by atoms with Crippen molar-refractivity contribution in [1.82, 2.24) is 0 Å². The van der Waals surface area contributed by atoms with Gasteiger partial charge in [-0.15, -0.1) is 0 Å². The average Bonchev–Trinajstić information content (AvgIpc) is 3.30. The normalized spacial score (nSPS) is 32.6. The van der Waals surface area contributed by atoms with E-state index in [1.807, 2.05) is 0 Å². The number of aromatic hydroxyl groups is 2. The molecule has 232 valence electrons. The van der Waals surface area contributed by atoms with Crippen molar-refractivity contribution in [2.75, 3.05) is 0 Å². The number of hydrogen-bond acceptors (Lipinski definition) is 6. The molecule has 4 aliphatic carbocycles. The first-order chi connectivity index (χ1) is 20.1. The third-order valence-corrected chi connectivity index (χ3v) is 12.4. The van der Waals surface area contributed by atoms with E-state index in [1.54, 1.807) is 48.5 Å². The third-order valence-electron chi connectivity index (χ3n) is 11.4. The standard InChI is InChI=1S/C33H37F3O6S/c1-30-17-15-25(42-43(40,41)33(34,35)36)19-22(30)7-12-26-27-13-14-29(31(27,2)18-16-28(26)30)32(39,20-3-8-23(37)9-4-20)21-5-10-24(38)11-6-21/h3-11,19,26-29,37-39H,12-18H2,1-2H3/t26-,27-,28-,29-,30-,31-/m0/s1. The average molecular weight is 619 g/mol. The van der Waals surface area contributed by atoms with Gasteiger partial charge < -0.3 is 19.5 Å². The van der Waals surface area contributed by atoms with E-state index in [1.165, 1.54) is 6.08 Å². The number of halogens is 3.